The van der Waals surface area contributed by atoms with Crippen LogP contribution < -0.4 is 15.0 Å². The fourth-order valence-electron chi connectivity index (χ4n) is 4.24. The number of methoxy groups -OCH3 is 1. The Morgan fingerprint density at radius 3 is 2.76 bits per heavy atom. The Morgan fingerprint density at radius 2 is 2.03 bits per heavy atom. The summed E-state index contributed by atoms with van der Waals surface area (Å²) in [6.45, 7) is 3.72. The highest BCUT2D eigenvalue weighted by atomic mass is 16.5. The van der Waals surface area contributed by atoms with Gasteiger partial charge in [-0.25, -0.2) is 4.98 Å². The molecule has 1 saturated heterocycles. The van der Waals surface area contributed by atoms with E-state index in [-0.39, 0.29) is 12.0 Å². The Hall–Kier alpha value is -2.19. The Bertz CT molecular complexity index is 795. The third-order valence-corrected chi connectivity index (χ3v) is 5.90. The van der Waals surface area contributed by atoms with Crippen molar-refractivity contribution in [1.29, 1.82) is 0 Å². The number of ether oxygens (including phenoxy) is 2. The minimum absolute atomic E-state index is 0.00292. The second kappa shape index (κ2) is 9.09. The number of aromatic nitrogens is 1. The van der Waals surface area contributed by atoms with E-state index in [9.17, 15) is 10.2 Å². The van der Waals surface area contributed by atoms with E-state index in [0.29, 0.717) is 13.0 Å². The van der Waals surface area contributed by atoms with Gasteiger partial charge in [-0.05, 0) is 35.7 Å². The number of hydrogen-bond donors (Lipinski definition) is 3. The lowest BCUT2D eigenvalue weighted by Gasteiger charge is -2.28. The molecule has 2 fully saturated rings. The first-order valence-corrected chi connectivity index (χ1v) is 10.2. The molecule has 0 spiro atoms. The minimum Gasteiger partial charge on any atom is -0.497 e. The Balaban J connectivity index is 1.46. The number of aliphatic hydroxyl groups is 2. The molecule has 1 aromatic carbocycles. The molecule has 0 bridgehead atoms. The molecule has 156 valence electrons. The summed E-state index contributed by atoms with van der Waals surface area (Å²) >= 11 is 0. The molecule has 7 heteroatoms. The molecule has 29 heavy (non-hydrogen) atoms. The fraction of sp³-hybridized carbons (Fsp3) is 0.500. The summed E-state index contributed by atoms with van der Waals surface area (Å²) in [7, 11) is 1.65. The van der Waals surface area contributed by atoms with Crippen LogP contribution in [0, 0.1) is 0 Å². The SMILES string of the molecule is COc1cccc(CN[C@H]2[C@H](O)[C@H](O)C[C@@H]2c2ccc(N3CCOCC3)nc2)c1. The molecule has 0 amide bonds. The van der Waals surface area contributed by atoms with Gasteiger partial charge in [0.2, 0.25) is 0 Å². The molecule has 1 saturated carbocycles. The van der Waals surface area contributed by atoms with E-state index in [1.165, 1.54) is 0 Å². The largest absolute Gasteiger partial charge is 0.497 e. The maximum atomic E-state index is 10.5. The van der Waals surface area contributed by atoms with Gasteiger partial charge < -0.3 is 29.9 Å². The zero-order valence-corrected chi connectivity index (χ0v) is 16.7. The molecule has 4 rings (SSSR count). The van der Waals surface area contributed by atoms with Crippen LogP contribution in [0.15, 0.2) is 42.6 Å². The predicted molar refractivity (Wildman–Crippen MR) is 110 cm³/mol. The summed E-state index contributed by atoms with van der Waals surface area (Å²) in [6, 6.07) is 11.7. The van der Waals surface area contributed by atoms with Gasteiger partial charge >= 0.3 is 0 Å². The summed E-state index contributed by atoms with van der Waals surface area (Å²) in [5, 5.41) is 24.3. The minimum atomic E-state index is -0.815. The van der Waals surface area contributed by atoms with Crippen molar-refractivity contribution >= 4 is 5.82 Å². The molecule has 0 unspecified atom stereocenters. The molecule has 1 aliphatic heterocycles. The van der Waals surface area contributed by atoms with Gasteiger partial charge in [0.05, 0.1) is 32.5 Å². The van der Waals surface area contributed by atoms with Crippen LogP contribution in [0.3, 0.4) is 0 Å². The predicted octanol–water partition coefficient (Wildman–Crippen LogP) is 1.29. The standard InChI is InChI=1S/C22H29N3O4/c1-28-17-4-2-3-15(11-17)13-24-21-18(12-19(26)22(21)27)16-5-6-20(23-14-16)25-7-9-29-10-8-25/h2-6,11,14,18-19,21-22,24,26-27H,7-10,12-13H2,1H3/t18-,19-,21-,22-/m1/s1. The third-order valence-electron chi connectivity index (χ3n) is 5.90. The number of anilines is 1. The fourth-order valence-corrected chi connectivity index (χ4v) is 4.24. The first-order valence-electron chi connectivity index (χ1n) is 10.2. The van der Waals surface area contributed by atoms with E-state index in [4.69, 9.17) is 9.47 Å². The maximum Gasteiger partial charge on any atom is 0.128 e. The lowest BCUT2D eigenvalue weighted by atomic mass is 9.94. The van der Waals surface area contributed by atoms with Crippen LogP contribution in [0.2, 0.25) is 0 Å². The molecule has 2 aromatic rings. The third kappa shape index (κ3) is 4.53. The molecule has 1 aromatic heterocycles. The van der Waals surface area contributed by atoms with Crippen LogP contribution in [-0.4, -0.2) is 66.9 Å². The van der Waals surface area contributed by atoms with Crippen molar-refractivity contribution in [2.75, 3.05) is 38.3 Å². The van der Waals surface area contributed by atoms with Gasteiger partial charge in [-0.3, -0.25) is 0 Å². The molecule has 7 nitrogen and oxygen atoms in total. The van der Waals surface area contributed by atoms with Crippen molar-refractivity contribution in [3.8, 4) is 5.75 Å². The van der Waals surface area contributed by atoms with Gasteiger partial charge in [0, 0.05) is 37.8 Å². The van der Waals surface area contributed by atoms with Gasteiger partial charge in [0.1, 0.15) is 11.6 Å². The van der Waals surface area contributed by atoms with Gasteiger partial charge in [-0.1, -0.05) is 18.2 Å². The number of nitrogens with zero attached hydrogens (tertiary/aromatic N) is 2. The number of nitrogens with one attached hydrogen (secondary N) is 1. The van der Waals surface area contributed by atoms with Crippen LogP contribution in [0.5, 0.6) is 5.75 Å². The molecule has 2 heterocycles. The smallest absolute Gasteiger partial charge is 0.128 e. The van der Waals surface area contributed by atoms with E-state index in [0.717, 1.165) is 49.0 Å². The van der Waals surface area contributed by atoms with Crippen LogP contribution in [0.4, 0.5) is 5.82 Å². The summed E-state index contributed by atoms with van der Waals surface area (Å²) in [4.78, 5) is 6.85. The van der Waals surface area contributed by atoms with E-state index >= 15 is 0 Å². The van der Waals surface area contributed by atoms with Crippen LogP contribution in [0.1, 0.15) is 23.5 Å². The van der Waals surface area contributed by atoms with E-state index in [2.05, 4.69) is 21.3 Å². The number of benzene rings is 1. The Labute approximate surface area is 171 Å². The topological polar surface area (TPSA) is 87.1 Å². The molecule has 2 aliphatic rings. The lowest BCUT2D eigenvalue weighted by Crippen LogP contribution is -2.42. The second-order valence-corrected chi connectivity index (χ2v) is 7.71. The normalized spacial score (nSPS) is 27.2. The summed E-state index contributed by atoms with van der Waals surface area (Å²) in [5.74, 6) is 1.74. The lowest BCUT2D eigenvalue weighted by molar-refractivity contribution is 0.0297. The molecular formula is C22H29N3O4. The van der Waals surface area contributed by atoms with Crippen LogP contribution in [0.25, 0.3) is 0 Å². The first-order chi connectivity index (χ1) is 14.2. The number of hydrogen-bond acceptors (Lipinski definition) is 7. The first kappa shape index (κ1) is 20.1. The van der Waals surface area contributed by atoms with Crippen molar-refractivity contribution in [3.05, 3.63) is 53.7 Å². The highest BCUT2D eigenvalue weighted by Crippen LogP contribution is 2.35. The van der Waals surface area contributed by atoms with E-state index in [1.807, 2.05) is 36.5 Å². The second-order valence-electron chi connectivity index (χ2n) is 7.71. The number of morpholine rings is 1. The van der Waals surface area contributed by atoms with E-state index < -0.39 is 12.2 Å². The summed E-state index contributed by atoms with van der Waals surface area (Å²) in [5.41, 5.74) is 2.10. The molecule has 0 radical (unpaired) electrons. The number of rotatable bonds is 6. The average molecular weight is 399 g/mol. The molecule has 4 atom stereocenters. The quantitative estimate of drug-likeness (QED) is 0.675. The highest BCUT2D eigenvalue weighted by molar-refractivity contribution is 5.41. The molecular weight excluding hydrogens is 370 g/mol. The molecule has 1 aliphatic carbocycles. The van der Waals surface area contributed by atoms with Gasteiger partial charge in [-0.15, -0.1) is 0 Å². The van der Waals surface area contributed by atoms with Crippen molar-refractivity contribution in [2.45, 2.75) is 37.1 Å². The molecule has 3 N–H and O–H groups in total. The van der Waals surface area contributed by atoms with E-state index in [1.54, 1.807) is 7.11 Å². The maximum absolute atomic E-state index is 10.5. The van der Waals surface area contributed by atoms with Gasteiger partial charge in [-0.2, -0.15) is 0 Å². The Kier molecular flexibility index (Phi) is 6.30. The van der Waals surface area contributed by atoms with Crippen LogP contribution in [-0.2, 0) is 11.3 Å². The van der Waals surface area contributed by atoms with Crippen molar-refractivity contribution in [2.24, 2.45) is 0 Å². The van der Waals surface area contributed by atoms with Crippen molar-refractivity contribution < 1.29 is 19.7 Å². The van der Waals surface area contributed by atoms with Gasteiger partial charge in [0.15, 0.2) is 0 Å². The summed E-state index contributed by atoms with van der Waals surface area (Å²) < 4.78 is 10.7. The zero-order valence-electron chi connectivity index (χ0n) is 16.7. The van der Waals surface area contributed by atoms with Crippen LogP contribution >= 0.6 is 0 Å². The Morgan fingerprint density at radius 1 is 1.21 bits per heavy atom. The average Bonchev–Trinajstić information content (AvgIpc) is 3.07. The number of aliphatic hydroxyl groups excluding tert-OH is 2. The van der Waals surface area contributed by atoms with Gasteiger partial charge in [0.25, 0.3) is 0 Å². The summed E-state index contributed by atoms with van der Waals surface area (Å²) in [6.07, 6.45) is 0.821. The zero-order chi connectivity index (χ0) is 20.2. The van der Waals surface area contributed by atoms with Crippen molar-refractivity contribution in [1.82, 2.24) is 10.3 Å². The number of pyridine rings is 1. The highest BCUT2D eigenvalue weighted by Gasteiger charge is 2.42. The monoisotopic (exact) mass is 399 g/mol. The van der Waals surface area contributed by atoms with Crippen molar-refractivity contribution in [3.63, 3.8) is 0 Å².